The van der Waals surface area contributed by atoms with Crippen LogP contribution in [0.3, 0.4) is 0 Å². The minimum Gasteiger partial charge on any atom is -0.459 e. The first kappa shape index (κ1) is 22.0. The van der Waals surface area contributed by atoms with Gasteiger partial charge in [-0.05, 0) is 6.42 Å². The van der Waals surface area contributed by atoms with Gasteiger partial charge in [-0.25, -0.2) is 0 Å². The predicted octanol–water partition coefficient (Wildman–Crippen LogP) is 0.925. The van der Waals surface area contributed by atoms with Crippen LogP contribution in [0, 0.1) is 5.92 Å². The van der Waals surface area contributed by atoms with E-state index in [1.807, 2.05) is 6.92 Å². The van der Waals surface area contributed by atoms with Gasteiger partial charge in [-0.2, -0.15) is 4.98 Å². The number of nitrogens with zero attached hydrogens (tertiary/aromatic N) is 2. The zero-order valence-corrected chi connectivity index (χ0v) is 17.9. The number of H-pyrrole nitrogens is 1. The van der Waals surface area contributed by atoms with E-state index in [0.29, 0.717) is 17.8 Å². The summed E-state index contributed by atoms with van der Waals surface area (Å²) in [4.78, 5) is 54.4. The highest BCUT2D eigenvalue weighted by Gasteiger charge is 2.44. The van der Waals surface area contributed by atoms with Gasteiger partial charge in [0.25, 0.3) is 5.56 Å². The van der Waals surface area contributed by atoms with Gasteiger partial charge in [-0.3, -0.25) is 28.7 Å². The van der Waals surface area contributed by atoms with Crippen molar-refractivity contribution in [2.24, 2.45) is 5.92 Å². The molecule has 0 spiro atoms. The second-order valence-electron chi connectivity index (χ2n) is 7.33. The smallest absolute Gasteiger partial charge is 0.311 e. The van der Waals surface area contributed by atoms with Gasteiger partial charge in [0, 0.05) is 13.3 Å². The molecule has 0 saturated carbocycles. The Balaban J connectivity index is 2.01. The number of hydrogen-bond donors (Lipinski definition) is 2. The first-order valence-electron chi connectivity index (χ1n) is 9.56. The highest BCUT2D eigenvalue weighted by molar-refractivity contribution is 7.16. The molecular weight excluding hydrogens is 416 g/mol. The molecule has 0 bridgehead atoms. The number of fused-ring (bicyclic) bond motifs is 1. The monoisotopic (exact) mass is 440 g/mol. The number of aromatic nitrogens is 3. The number of anilines is 1. The largest absolute Gasteiger partial charge is 0.459 e. The topological polar surface area (TPSA) is 156 Å². The molecule has 1 unspecified atom stereocenters. The van der Waals surface area contributed by atoms with Crippen LogP contribution in [0.4, 0.5) is 5.95 Å². The van der Waals surface area contributed by atoms with Gasteiger partial charge in [0.1, 0.15) is 23.0 Å². The fraction of sp³-hybridized carbons (Fsp3) is 0.611. The second-order valence-corrected chi connectivity index (χ2v) is 8.29. The molecule has 1 saturated heterocycles. The maximum Gasteiger partial charge on any atom is 0.311 e. The highest BCUT2D eigenvalue weighted by Crippen LogP contribution is 2.35. The lowest BCUT2D eigenvalue weighted by Gasteiger charge is -2.23. The zero-order valence-electron chi connectivity index (χ0n) is 17.0. The number of ether oxygens (including phenoxy) is 3. The molecule has 164 valence electrons. The van der Waals surface area contributed by atoms with Crippen molar-refractivity contribution in [3.63, 3.8) is 0 Å². The van der Waals surface area contributed by atoms with Gasteiger partial charge in [0.05, 0.1) is 5.92 Å². The maximum absolute atomic E-state index is 12.7. The second kappa shape index (κ2) is 8.56. The summed E-state index contributed by atoms with van der Waals surface area (Å²) in [5.74, 6) is -1.41. The van der Waals surface area contributed by atoms with E-state index in [0.717, 1.165) is 4.57 Å². The average molecular weight is 440 g/mol. The van der Waals surface area contributed by atoms with Crippen molar-refractivity contribution in [3.05, 3.63) is 20.0 Å². The molecule has 12 heteroatoms. The summed E-state index contributed by atoms with van der Waals surface area (Å²) >= 11 is 0.692. The quantitative estimate of drug-likeness (QED) is 0.624. The standard InChI is InChI=1S/C18H24N4O7S/c1-5-9(29-16(25)7(2)3)10-6-11(27-8(4)23)15(28-10)22-13-12(30-18(22)26)14(24)21-17(19)20-13/h7,9-11,15H,5-6H2,1-4H3,(H3,19,20,21,24)/t9?,10-,11+,15+/m0/s1. The number of carbonyl (C=O) groups excluding carboxylic acids is 2. The van der Waals surface area contributed by atoms with E-state index in [4.69, 9.17) is 19.9 Å². The molecule has 1 aliphatic rings. The summed E-state index contributed by atoms with van der Waals surface area (Å²) in [5, 5.41) is 0. The van der Waals surface area contributed by atoms with Crippen molar-refractivity contribution in [2.45, 2.75) is 65.1 Å². The summed E-state index contributed by atoms with van der Waals surface area (Å²) in [7, 11) is 0. The first-order chi connectivity index (χ1) is 14.1. The Morgan fingerprint density at radius 1 is 1.40 bits per heavy atom. The SMILES string of the molecule is CCC(OC(=O)C(C)C)[C@@H]1C[C@@H](OC(C)=O)[C@H](n2c(=O)sc3c(=O)[nH]c(N)nc32)O1. The van der Waals surface area contributed by atoms with Crippen molar-refractivity contribution in [3.8, 4) is 0 Å². The van der Waals surface area contributed by atoms with Crippen LogP contribution in [0.5, 0.6) is 0 Å². The minimum absolute atomic E-state index is 0.0428. The van der Waals surface area contributed by atoms with E-state index in [1.165, 1.54) is 6.92 Å². The molecule has 4 atom stereocenters. The average Bonchev–Trinajstić information content (AvgIpc) is 3.19. The Bertz CT molecular complexity index is 1070. The lowest BCUT2D eigenvalue weighted by Crippen LogP contribution is -2.32. The summed E-state index contributed by atoms with van der Waals surface area (Å²) in [6.45, 7) is 6.53. The molecule has 0 radical (unpaired) electrons. The van der Waals surface area contributed by atoms with Crippen LogP contribution in [0.2, 0.25) is 0 Å². The van der Waals surface area contributed by atoms with E-state index in [1.54, 1.807) is 13.8 Å². The third-order valence-electron chi connectivity index (χ3n) is 4.72. The molecule has 0 amide bonds. The molecule has 1 aliphatic heterocycles. The van der Waals surface area contributed by atoms with Crippen LogP contribution in [0.1, 0.15) is 46.8 Å². The van der Waals surface area contributed by atoms with Crippen LogP contribution in [-0.4, -0.2) is 44.8 Å². The van der Waals surface area contributed by atoms with Gasteiger partial charge >= 0.3 is 16.8 Å². The number of aromatic amines is 1. The molecule has 2 aromatic rings. The van der Waals surface area contributed by atoms with Gasteiger partial charge in [0.2, 0.25) is 5.95 Å². The zero-order chi connectivity index (χ0) is 22.2. The summed E-state index contributed by atoms with van der Waals surface area (Å²) in [6.07, 6.45) is -2.42. The van der Waals surface area contributed by atoms with Gasteiger partial charge in [-0.15, -0.1) is 0 Å². The van der Waals surface area contributed by atoms with E-state index in [2.05, 4.69) is 9.97 Å². The highest BCUT2D eigenvalue weighted by atomic mass is 32.1. The van der Waals surface area contributed by atoms with Crippen LogP contribution in [-0.2, 0) is 23.8 Å². The van der Waals surface area contributed by atoms with Gasteiger partial charge < -0.3 is 19.9 Å². The molecule has 30 heavy (non-hydrogen) atoms. The van der Waals surface area contributed by atoms with E-state index < -0.39 is 40.9 Å². The lowest BCUT2D eigenvalue weighted by atomic mass is 10.1. The van der Waals surface area contributed by atoms with Crippen molar-refractivity contribution >= 4 is 39.6 Å². The number of nitrogens with two attached hydrogens (primary N) is 1. The summed E-state index contributed by atoms with van der Waals surface area (Å²) in [5.41, 5.74) is 5.13. The van der Waals surface area contributed by atoms with Crippen molar-refractivity contribution in [2.75, 3.05) is 5.73 Å². The fourth-order valence-corrected chi connectivity index (χ4v) is 4.17. The Morgan fingerprint density at radius 2 is 2.10 bits per heavy atom. The molecule has 11 nitrogen and oxygen atoms in total. The number of thiazole rings is 1. The molecular formula is C18H24N4O7S. The predicted molar refractivity (Wildman–Crippen MR) is 108 cm³/mol. The van der Waals surface area contributed by atoms with E-state index in [9.17, 15) is 19.2 Å². The molecule has 1 fully saturated rings. The lowest BCUT2D eigenvalue weighted by molar-refractivity contribution is -0.163. The van der Waals surface area contributed by atoms with Gasteiger partial charge in [0.15, 0.2) is 11.9 Å². The van der Waals surface area contributed by atoms with Crippen molar-refractivity contribution in [1.29, 1.82) is 0 Å². The normalized spacial score (nSPS) is 22.4. The molecule has 0 aromatic carbocycles. The van der Waals surface area contributed by atoms with Gasteiger partial charge in [-0.1, -0.05) is 32.1 Å². The third-order valence-corrected chi connectivity index (χ3v) is 5.66. The van der Waals surface area contributed by atoms with Crippen LogP contribution < -0.4 is 16.2 Å². The molecule has 3 rings (SSSR count). The van der Waals surface area contributed by atoms with Crippen LogP contribution >= 0.6 is 11.3 Å². The Labute approximate surface area is 175 Å². The number of hydrogen-bond acceptors (Lipinski definition) is 10. The minimum atomic E-state index is -1.04. The molecule has 3 heterocycles. The summed E-state index contributed by atoms with van der Waals surface area (Å²) < 4.78 is 18.2. The molecule has 3 N–H and O–H groups in total. The number of nitrogen functional groups attached to an aromatic ring is 1. The Hall–Kier alpha value is -2.73. The number of nitrogens with one attached hydrogen (secondary N) is 1. The molecule has 0 aliphatic carbocycles. The Morgan fingerprint density at radius 3 is 2.70 bits per heavy atom. The van der Waals surface area contributed by atoms with Crippen molar-refractivity contribution in [1.82, 2.24) is 14.5 Å². The summed E-state index contributed by atoms with van der Waals surface area (Å²) in [6, 6.07) is 0. The number of rotatable bonds is 6. The third kappa shape index (κ3) is 4.24. The van der Waals surface area contributed by atoms with Crippen molar-refractivity contribution < 1.29 is 23.8 Å². The van der Waals surface area contributed by atoms with Crippen LogP contribution in [0.15, 0.2) is 9.59 Å². The Kier molecular flexibility index (Phi) is 6.27. The molecule has 2 aromatic heterocycles. The van der Waals surface area contributed by atoms with E-state index >= 15 is 0 Å². The number of carbonyl (C=O) groups is 2. The van der Waals surface area contributed by atoms with Crippen LogP contribution in [0.25, 0.3) is 10.3 Å². The maximum atomic E-state index is 12.7. The first-order valence-corrected chi connectivity index (χ1v) is 10.4. The van der Waals surface area contributed by atoms with E-state index in [-0.39, 0.29) is 34.6 Å². The fourth-order valence-electron chi connectivity index (χ4n) is 3.33. The number of esters is 2.